The Morgan fingerprint density at radius 2 is 2.00 bits per heavy atom. The van der Waals surface area contributed by atoms with Gasteiger partial charge in [0, 0.05) is 7.05 Å². The molecule has 10 nitrogen and oxygen atoms in total. The van der Waals surface area contributed by atoms with E-state index >= 15 is 0 Å². The van der Waals surface area contributed by atoms with Crippen LogP contribution in [0, 0.1) is 6.92 Å². The molecule has 27 heavy (non-hydrogen) atoms. The number of aromatic amines is 1. The van der Waals surface area contributed by atoms with E-state index in [9.17, 15) is 14.4 Å². The van der Waals surface area contributed by atoms with E-state index in [-0.39, 0.29) is 37.9 Å². The molecule has 0 saturated carbocycles. The molecular weight excluding hydrogens is 356 g/mol. The number of carbonyl (C=O) groups excluding carboxylic acids is 1. The number of hydrogen-bond acceptors (Lipinski definition) is 8. The number of hydrogen-bond donors (Lipinski definition) is 2. The van der Waals surface area contributed by atoms with Gasteiger partial charge in [-0.3, -0.25) is 9.78 Å². The molecule has 10 heteroatoms. The van der Waals surface area contributed by atoms with Crippen LogP contribution in [0.15, 0.2) is 21.7 Å². The van der Waals surface area contributed by atoms with Crippen LogP contribution in [-0.2, 0) is 16.5 Å². The third-order valence-electron chi connectivity index (χ3n) is 4.00. The Labute approximate surface area is 152 Å². The zero-order valence-electron chi connectivity index (χ0n) is 14.8. The highest BCUT2D eigenvalue weighted by molar-refractivity contribution is 5.96. The predicted molar refractivity (Wildman–Crippen MR) is 94.9 cm³/mol. The molecule has 0 saturated heterocycles. The van der Waals surface area contributed by atoms with Gasteiger partial charge >= 0.3 is 11.7 Å². The Morgan fingerprint density at radius 1 is 1.22 bits per heavy atom. The summed E-state index contributed by atoms with van der Waals surface area (Å²) in [5.41, 5.74) is 0.616. The third-order valence-corrected chi connectivity index (χ3v) is 4.00. The lowest BCUT2D eigenvalue weighted by Gasteiger charge is -2.14. The smallest absolute Gasteiger partial charge is 0.349 e. The van der Waals surface area contributed by atoms with Gasteiger partial charge in [0.1, 0.15) is 6.61 Å². The van der Waals surface area contributed by atoms with Crippen LogP contribution in [0.4, 0.5) is 0 Å². The summed E-state index contributed by atoms with van der Waals surface area (Å²) in [7, 11) is 1.63. The second-order valence-electron chi connectivity index (χ2n) is 5.84. The van der Waals surface area contributed by atoms with Crippen molar-refractivity contribution in [2.75, 3.05) is 26.4 Å². The summed E-state index contributed by atoms with van der Waals surface area (Å²) in [6, 6.07) is 3.25. The molecule has 0 spiro atoms. The van der Waals surface area contributed by atoms with Crippen molar-refractivity contribution in [3.63, 3.8) is 0 Å². The van der Waals surface area contributed by atoms with Crippen LogP contribution in [0.1, 0.15) is 15.9 Å². The van der Waals surface area contributed by atoms with Crippen LogP contribution in [0.3, 0.4) is 0 Å². The number of nitrogens with zero attached hydrogens (tertiary/aromatic N) is 3. The summed E-state index contributed by atoms with van der Waals surface area (Å²) < 4.78 is 11.8. The van der Waals surface area contributed by atoms with Gasteiger partial charge in [-0.05, 0) is 24.6 Å². The van der Waals surface area contributed by atoms with E-state index in [0.717, 1.165) is 0 Å². The molecule has 0 amide bonds. The van der Waals surface area contributed by atoms with E-state index in [1.54, 1.807) is 26.1 Å². The molecule has 0 aromatic heterocycles. The van der Waals surface area contributed by atoms with E-state index in [2.05, 4.69) is 15.0 Å². The number of aliphatic hydroxyl groups is 1. The lowest BCUT2D eigenvalue weighted by atomic mass is 10.1. The largest absolute Gasteiger partial charge is 0.460 e. The normalized spacial score (nSPS) is 11.2. The Balaban J connectivity index is 2.00. The molecule has 1 aromatic rings. The molecule has 142 valence electrons. The number of carbonyl (C=O) groups is 1. The van der Waals surface area contributed by atoms with Crippen molar-refractivity contribution in [3.8, 4) is 11.5 Å². The maximum absolute atomic E-state index is 12.3. The predicted octanol–water partition coefficient (Wildman–Crippen LogP) is -0.404. The summed E-state index contributed by atoms with van der Waals surface area (Å²) in [5, 5.41) is 8.64. The van der Waals surface area contributed by atoms with Gasteiger partial charge < -0.3 is 19.1 Å². The van der Waals surface area contributed by atoms with E-state index < -0.39 is 17.2 Å². The van der Waals surface area contributed by atoms with Gasteiger partial charge in [0.25, 0.3) is 5.56 Å². The molecule has 2 aliphatic heterocycles. The number of aliphatic hydroxyl groups excluding tert-OH is 1. The molecule has 2 aliphatic rings. The molecule has 2 N–H and O–H groups in total. The number of esters is 1. The van der Waals surface area contributed by atoms with Crippen molar-refractivity contribution in [1.82, 2.24) is 19.5 Å². The highest BCUT2D eigenvalue weighted by atomic mass is 16.6. The average Bonchev–Trinajstić information content (AvgIpc) is 2.62. The van der Waals surface area contributed by atoms with Crippen LogP contribution < -0.4 is 11.2 Å². The summed E-state index contributed by atoms with van der Waals surface area (Å²) in [6.45, 7) is 2.03. The van der Waals surface area contributed by atoms with Crippen LogP contribution in [0.2, 0.25) is 0 Å². The Kier molecular flexibility index (Phi) is 5.28. The van der Waals surface area contributed by atoms with Crippen molar-refractivity contribution >= 4 is 17.0 Å². The van der Waals surface area contributed by atoms with E-state index in [1.807, 2.05) is 0 Å². The van der Waals surface area contributed by atoms with Gasteiger partial charge in [-0.1, -0.05) is 0 Å². The van der Waals surface area contributed by atoms with E-state index in [4.69, 9.17) is 14.6 Å². The fourth-order valence-corrected chi connectivity index (χ4v) is 2.70. The second kappa shape index (κ2) is 7.64. The summed E-state index contributed by atoms with van der Waals surface area (Å²) in [6.07, 6.45) is 0. The van der Waals surface area contributed by atoms with Crippen molar-refractivity contribution in [2.45, 2.75) is 6.92 Å². The number of fused-ring (bicyclic) bond motifs is 2. The van der Waals surface area contributed by atoms with E-state index in [1.165, 1.54) is 4.57 Å². The minimum atomic E-state index is -0.765. The maximum Gasteiger partial charge on any atom is 0.349 e. The summed E-state index contributed by atoms with van der Waals surface area (Å²) >= 11 is 0. The van der Waals surface area contributed by atoms with Gasteiger partial charge in [0.05, 0.1) is 36.4 Å². The summed E-state index contributed by atoms with van der Waals surface area (Å²) in [5.74, 6) is -0.415. The van der Waals surface area contributed by atoms with Crippen LogP contribution in [0.25, 0.3) is 22.6 Å². The number of nitrogens with one attached hydrogen (secondary N) is 1. The Bertz CT molecular complexity index is 1090. The topological polar surface area (TPSA) is 136 Å². The van der Waals surface area contributed by atoms with Crippen molar-refractivity contribution in [3.05, 3.63) is 44.1 Å². The van der Waals surface area contributed by atoms with Crippen LogP contribution >= 0.6 is 0 Å². The highest BCUT2D eigenvalue weighted by Gasteiger charge is 2.19. The number of aromatic nitrogens is 4. The van der Waals surface area contributed by atoms with Crippen molar-refractivity contribution in [2.24, 2.45) is 7.05 Å². The molecule has 0 radical (unpaired) electrons. The monoisotopic (exact) mass is 374 g/mol. The maximum atomic E-state index is 12.3. The fraction of sp³-hybridized carbons (Fsp3) is 0.353. The Morgan fingerprint density at radius 3 is 2.74 bits per heavy atom. The van der Waals surface area contributed by atoms with Crippen molar-refractivity contribution in [1.29, 1.82) is 0 Å². The lowest BCUT2D eigenvalue weighted by Crippen LogP contribution is -2.28. The minimum absolute atomic E-state index is 0.0420. The van der Waals surface area contributed by atoms with Gasteiger partial charge in [-0.2, -0.15) is 4.98 Å². The highest BCUT2D eigenvalue weighted by Crippen LogP contribution is 2.23. The number of H-pyrrole nitrogens is 1. The van der Waals surface area contributed by atoms with Gasteiger partial charge in [-0.15, -0.1) is 0 Å². The minimum Gasteiger partial charge on any atom is -0.460 e. The van der Waals surface area contributed by atoms with Gasteiger partial charge in [-0.25, -0.2) is 14.6 Å². The van der Waals surface area contributed by atoms with Crippen LogP contribution in [-0.4, -0.2) is 57.0 Å². The first-order valence-corrected chi connectivity index (χ1v) is 8.19. The van der Waals surface area contributed by atoms with E-state index in [0.29, 0.717) is 22.2 Å². The molecule has 0 bridgehead atoms. The molecule has 2 heterocycles. The fourth-order valence-electron chi connectivity index (χ4n) is 2.70. The number of benzene rings is 1. The second-order valence-corrected chi connectivity index (χ2v) is 5.84. The quantitative estimate of drug-likeness (QED) is 0.338. The first-order valence-electron chi connectivity index (χ1n) is 8.19. The zero-order valence-corrected chi connectivity index (χ0v) is 14.8. The van der Waals surface area contributed by atoms with Gasteiger partial charge in [0.2, 0.25) is 0 Å². The molecular formula is C17H18N4O6. The zero-order chi connectivity index (χ0) is 19.6. The molecule has 0 atom stereocenters. The third kappa shape index (κ3) is 3.71. The number of rotatable bonds is 6. The van der Waals surface area contributed by atoms with Crippen LogP contribution in [0.5, 0.6) is 0 Å². The molecule has 0 aliphatic carbocycles. The molecule has 3 rings (SSSR count). The average molecular weight is 374 g/mol. The Hall–Kier alpha value is -3.11. The van der Waals surface area contributed by atoms with Crippen molar-refractivity contribution < 1.29 is 19.4 Å². The molecule has 0 unspecified atom stereocenters. The first-order chi connectivity index (χ1) is 12.9. The molecule has 0 fully saturated rings. The molecule has 1 aromatic carbocycles. The standard InChI is InChI=1S/C17H18N4O6/c1-9-7-11-12(8-10(9)16(24)27-6-5-26-4-3-22)21(2)14-13(18-11)15(23)20-17(25)19-14/h7-8,22H,3-6H2,1-2H3,(H,20,23,25). The summed E-state index contributed by atoms with van der Waals surface area (Å²) in [4.78, 5) is 46.0. The van der Waals surface area contributed by atoms with Gasteiger partial charge in [0.15, 0.2) is 11.5 Å². The lowest BCUT2D eigenvalue weighted by molar-refractivity contribution is 0.0258. The number of ether oxygens (including phenoxy) is 2. The first kappa shape index (κ1) is 18.7. The SMILES string of the molecule is Cc1cc2nc3c(=O)[nH]c(=O)nc-3n(C)c2cc1C(=O)OCCOCCO. The number of aryl methyl sites for hydroxylation is 2.